The van der Waals surface area contributed by atoms with Crippen molar-refractivity contribution in [2.24, 2.45) is 0 Å². The first-order chi connectivity index (χ1) is 12.8. The van der Waals surface area contributed by atoms with Crippen molar-refractivity contribution >= 4 is 21.9 Å². The van der Waals surface area contributed by atoms with E-state index in [2.05, 4.69) is 10.0 Å². The third-order valence-corrected chi connectivity index (χ3v) is 5.37. The van der Waals surface area contributed by atoms with Crippen molar-refractivity contribution in [2.75, 3.05) is 0 Å². The smallest absolute Gasteiger partial charge is 0.338 e. The summed E-state index contributed by atoms with van der Waals surface area (Å²) in [4.78, 5) is 24.0. The van der Waals surface area contributed by atoms with E-state index in [0.29, 0.717) is 5.76 Å². The van der Waals surface area contributed by atoms with Gasteiger partial charge in [0, 0.05) is 6.04 Å². The number of carbonyl (C=O) groups is 2. The van der Waals surface area contributed by atoms with E-state index in [9.17, 15) is 18.0 Å². The molecule has 0 radical (unpaired) electrons. The van der Waals surface area contributed by atoms with E-state index in [0.717, 1.165) is 12.8 Å². The fourth-order valence-electron chi connectivity index (χ4n) is 2.28. The van der Waals surface area contributed by atoms with Crippen molar-refractivity contribution in [3.05, 3.63) is 54.0 Å². The van der Waals surface area contributed by atoms with E-state index in [4.69, 9.17) is 9.15 Å². The van der Waals surface area contributed by atoms with Crippen LogP contribution in [0.4, 0.5) is 0 Å². The lowest BCUT2D eigenvalue weighted by Crippen LogP contribution is -2.37. The van der Waals surface area contributed by atoms with Crippen molar-refractivity contribution in [3.63, 3.8) is 0 Å². The maximum Gasteiger partial charge on any atom is 0.338 e. The Morgan fingerprint density at radius 3 is 2.70 bits per heavy atom. The molecule has 1 aromatic heterocycles. The zero-order valence-electron chi connectivity index (χ0n) is 14.7. The van der Waals surface area contributed by atoms with Gasteiger partial charge in [-0.25, -0.2) is 17.9 Å². The van der Waals surface area contributed by atoms with Crippen LogP contribution in [-0.2, 0) is 26.1 Å². The summed E-state index contributed by atoms with van der Waals surface area (Å²) in [6, 6.07) is 8.90. The number of nitrogens with one attached hydrogen (secondary N) is 2. The Morgan fingerprint density at radius 2 is 2.04 bits per heavy atom. The maximum absolute atomic E-state index is 12.4. The average Bonchev–Trinajstić information content (AvgIpc) is 3.30. The van der Waals surface area contributed by atoms with Gasteiger partial charge in [0.15, 0.2) is 6.10 Å². The number of esters is 1. The minimum absolute atomic E-state index is 0.0115. The Bertz CT molecular complexity index is 919. The van der Waals surface area contributed by atoms with Gasteiger partial charge in [-0.15, -0.1) is 0 Å². The fraction of sp³-hybridized carbons (Fsp3) is 0.333. The quantitative estimate of drug-likeness (QED) is 0.659. The molecule has 1 amide bonds. The molecule has 0 unspecified atom stereocenters. The molecule has 1 atom stereocenters. The molecule has 0 saturated heterocycles. The standard InChI is InChI=1S/C18H20N2O6S/c1-12(17(21)20-14-7-8-14)26-18(22)13-4-2-6-16(10-13)27(23,24)19-11-15-5-3-9-25-15/h2-6,9-10,12,14,19H,7-8,11H2,1H3,(H,20,21)/t12-/m0/s1. The van der Waals surface area contributed by atoms with Gasteiger partial charge in [-0.2, -0.15) is 0 Å². The first-order valence-electron chi connectivity index (χ1n) is 8.48. The molecule has 1 fully saturated rings. The van der Waals surface area contributed by atoms with E-state index >= 15 is 0 Å². The average molecular weight is 392 g/mol. The van der Waals surface area contributed by atoms with Crippen LogP contribution in [0.3, 0.4) is 0 Å². The molecule has 27 heavy (non-hydrogen) atoms. The second-order valence-corrected chi connectivity index (χ2v) is 8.03. The number of benzene rings is 1. The van der Waals surface area contributed by atoms with E-state index < -0.39 is 22.1 Å². The summed E-state index contributed by atoms with van der Waals surface area (Å²) in [5.74, 6) is -0.670. The van der Waals surface area contributed by atoms with Crippen LogP contribution < -0.4 is 10.0 Å². The lowest BCUT2D eigenvalue weighted by atomic mass is 10.2. The van der Waals surface area contributed by atoms with Crippen LogP contribution in [0.5, 0.6) is 0 Å². The molecule has 2 N–H and O–H groups in total. The van der Waals surface area contributed by atoms with Crippen LogP contribution >= 0.6 is 0 Å². The summed E-state index contributed by atoms with van der Waals surface area (Å²) in [7, 11) is -3.84. The number of amides is 1. The van der Waals surface area contributed by atoms with Crippen LogP contribution in [0.25, 0.3) is 0 Å². The molecule has 0 spiro atoms. The fourth-order valence-corrected chi connectivity index (χ4v) is 3.32. The number of ether oxygens (including phenoxy) is 1. The van der Waals surface area contributed by atoms with Gasteiger partial charge in [0.25, 0.3) is 5.91 Å². The van der Waals surface area contributed by atoms with Gasteiger partial charge >= 0.3 is 5.97 Å². The molecule has 3 rings (SSSR count). The zero-order chi connectivity index (χ0) is 19.4. The summed E-state index contributed by atoms with van der Waals surface area (Å²) in [6.07, 6.45) is 2.34. The Labute approximate surface area is 156 Å². The Kier molecular flexibility index (Phi) is 5.62. The summed E-state index contributed by atoms with van der Waals surface area (Å²) >= 11 is 0. The van der Waals surface area contributed by atoms with Crippen molar-refractivity contribution in [2.45, 2.75) is 43.4 Å². The van der Waals surface area contributed by atoms with Crippen LogP contribution in [-0.4, -0.2) is 32.4 Å². The maximum atomic E-state index is 12.4. The predicted octanol–water partition coefficient (Wildman–Crippen LogP) is 1.58. The van der Waals surface area contributed by atoms with Crippen molar-refractivity contribution in [3.8, 4) is 0 Å². The topological polar surface area (TPSA) is 115 Å². The van der Waals surface area contributed by atoms with Gasteiger partial charge in [-0.1, -0.05) is 6.07 Å². The van der Waals surface area contributed by atoms with Gasteiger partial charge in [0.2, 0.25) is 10.0 Å². The number of sulfonamides is 1. The molecular weight excluding hydrogens is 372 g/mol. The molecule has 1 heterocycles. The summed E-state index contributed by atoms with van der Waals surface area (Å²) < 4.78 is 37.4. The van der Waals surface area contributed by atoms with Crippen LogP contribution in [0.2, 0.25) is 0 Å². The highest BCUT2D eigenvalue weighted by molar-refractivity contribution is 7.89. The van der Waals surface area contributed by atoms with E-state index in [1.807, 2.05) is 0 Å². The first kappa shape index (κ1) is 19.1. The Balaban J connectivity index is 1.64. The van der Waals surface area contributed by atoms with Crippen LogP contribution in [0, 0.1) is 0 Å². The summed E-state index contributed by atoms with van der Waals surface area (Å²) in [5, 5.41) is 2.75. The lowest BCUT2D eigenvalue weighted by molar-refractivity contribution is -0.129. The Morgan fingerprint density at radius 1 is 1.26 bits per heavy atom. The molecule has 8 nitrogen and oxygen atoms in total. The molecule has 2 aromatic rings. The van der Waals surface area contributed by atoms with Crippen molar-refractivity contribution < 1.29 is 27.2 Å². The van der Waals surface area contributed by atoms with Crippen LogP contribution in [0.1, 0.15) is 35.9 Å². The molecule has 0 aliphatic heterocycles. The van der Waals surface area contributed by atoms with E-state index in [1.54, 1.807) is 12.1 Å². The molecule has 1 aromatic carbocycles. The number of hydrogen-bond acceptors (Lipinski definition) is 6. The summed E-state index contributed by atoms with van der Waals surface area (Å²) in [5.41, 5.74) is 0.0435. The number of furan rings is 1. The van der Waals surface area contributed by atoms with Gasteiger partial charge < -0.3 is 14.5 Å². The van der Waals surface area contributed by atoms with Crippen molar-refractivity contribution in [1.82, 2.24) is 10.0 Å². The minimum Gasteiger partial charge on any atom is -0.468 e. The van der Waals surface area contributed by atoms with E-state index in [-0.39, 0.29) is 29.0 Å². The van der Waals surface area contributed by atoms with Gasteiger partial charge in [0.05, 0.1) is 23.3 Å². The first-order valence-corrected chi connectivity index (χ1v) is 9.97. The normalized spacial score (nSPS) is 15.1. The lowest BCUT2D eigenvalue weighted by Gasteiger charge is -2.13. The van der Waals surface area contributed by atoms with Gasteiger partial charge in [-0.3, -0.25) is 4.79 Å². The molecular formula is C18H20N2O6S. The third-order valence-electron chi connectivity index (χ3n) is 3.97. The third kappa shape index (κ3) is 5.18. The number of hydrogen-bond donors (Lipinski definition) is 2. The Hall–Kier alpha value is -2.65. The molecule has 0 bridgehead atoms. The highest BCUT2D eigenvalue weighted by Gasteiger charge is 2.27. The largest absolute Gasteiger partial charge is 0.468 e. The second kappa shape index (κ2) is 7.93. The minimum atomic E-state index is -3.84. The monoisotopic (exact) mass is 392 g/mol. The highest BCUT2D eigenvalue weighted by atomic mass is 32.2. The van der Waals surface area contributed by atoms with E-state index in [1.165, 1.54) is 37.5 Å². The molecule has 1 aliphatic carbocycles. The molecule has 1 aliphatic rings. The van der Waals surface area contributed by atoms with Crippen LogP contribution in [0.15, 0.2) is 52.0 Å². The predicted molar refractivity (Wildman–Crippen MR) is 95.2 cm³/mol. The van der Waals surface area contributed by atoms with Gasteiger partial charge in [0.1, 0.15) is 5.76 Å². The zero-order valence-corrected chi connectivity index (χ0v) is 15.5. The number of carbonyl (C=O) groups excluding carboxylic acids is 2. The molecule has 9 heteroatoms. The molecule has 1 saturated carbocycles. The van der Waals surface area contributed by atoms with Crippen molar-refractivity contribution in [1.29, 1.82) is 0 Å². The second-order valence-electron chi connectivity index (χ2n) is 6.26. The number of rotatable bonds is 8. The molecule has 144 valence electrons. The highest BCUT2D eigenvalue weighted by Crippen LogP contribution is 2.19. The van der Waals surface area contributed by atoms with Gasteiger partial charge in [-0.05, 0) is 50.1 Å². The summed E-state index contributed by atoms with van der Waals surface area (Å²) in [6.45, 7) is 1.46. The SMILES string of the molecule is C[C@H](OC(=O)c1cccc(S(=O)(=O)NCc2ccco2)c1)C(=O)NC1CC1.